The SMILES string of the molecule is O=S(=O)(c1cccs1)N1CCN(c2ccc(O)cc2)[C@@H](CC2CCCCC2)C1. The fourth-order valence-electron chi connectivity index (χ4n) is 4.58. The Hall–Kier alpha value is -1.57. The molecule has 4 rings (SSSR count). The molecule has 0 amide bonds. The zero-order valence-electron chi connectivity index (χ0n) is 16.0. The lowest BCUT2D eigenvalue weighted by atomic mass is 9.84. The Bertz CT molecular complexity index is 860. The third kappa shape index (κ3) is 4.21. The van der Waals surface area contributed by atoms with E-state index in [9.17, 15) is 13.5 Å². The van der Waals surface area contributed by atoms with E-state index in [-0.39, 0.29) is 11.8 Å². The van der Waals surface area contributed by atoms with Crippen LogP contribution in [-0.2, 0) is 10.0 Å². The number of phenolic OH excluding ortho intramolecular Hbond substituents is 1. The molecule has 152 valence electrons. The van der Waals surface area contributed by atoms with Crippen molar-refractivity contribution < 1.29 is 13.5 Å². The fourth-order valence-corrected chi connectivity index (χ4v) is 7.19. The molecule has 1 saturated carbocycles. The van der Waals surface area contributed by atoms with Crippen molar-refractivity contribution in [2.45, 2.75) is 48.8 Å². The second-order valence-electron chi connectivity index (χ2n) is 7.90. The van der Waals surface area contributed by atoms with Gasteiger partial charge in [0.25, 0.3) is 10.0 Å². The maximum atomic E-state index is 13.1. The molecule has 7 heteroatoms. The average molecular weight is 421 g/mol. The van der Waals surface area contributed by atoms with Crippen molar-refractivity contribution in [3.63, 3.8) is 0 Å². The van der Waals surface area contributed by atoms with Gasteiger partial charge < -0.3 is 10.0 Å². The Kier molecular flexibility index (Phi) is 5.94. The van der Waals surface area contributed by atoms with Gasteiger partial charge in [-0.15, -0.1) is 11.3 Å². The van der Waals surface area contributed by atoms with E-state index in [1.807, 2.05) is 17.5 Å². The number of thiophene rings is 1. The van der Waals surface area contributed by atoms with E-state index < -0.39 is 10.0 Å². The van der Waals surface area contributed by atoms with Crippen LogP contribution in [0.2, 0.25) is 0 Å². The number of hydrogen-bond donors (Lipinski definition) is 1. The summed E-state index contributed by atoms with van der Waals surface area (Å²) in [7, 11) is -3.42. The van der Waals surface area contributed by atoms with Crippen molar-refractivity contribution in [2.75, 3.05) is 24.5 Å². The molecule has 1 aromatic heterocycles. The first-order valence-electron chi connectivity index (χ1n) is 10.1. The summed E-state index contributed by atoms with van der Waals surface area (Å²) in [6, 6.07) is 10.9. The molecule has 0 spiro atoms. The Morgan fingerprint density at radius 2 is 1.79 bits per heavy atom. The zero-order valence-corrected chi connectivity index (χ0v) is 17.7. The van der Waals surface area contributed by atoms with Crippen molar-refractivity contribution in [1.82, 2.24) is 4.31 Å². The maximum Gasteiger partial charge on any atom is 0.252 e. The van der Waals surface area contributed by atoms with E-state index >= 15 is 0 Å². The molecule has 1 saturated heterocycles. The van der Waals surface area contributed by atoms with E-state index in [1.54, 1.807) is 28.6 Å². The van der Waals surface area contributed by atoms with Crippen LogP contribution < -0.4 is 4.90 Å². The molecular formula is C21H28N2O3S2. The molecule has 2 aromatic rings. The lowest BCUT2D eigenvalue weighted by Gasteiger charge is -2.43. The van der Waals surface area contributed by atoms with E-state index in [0.717, 1.165) is 12.1 Å². The molecule has 0 bridgehead atoms. The Morgan fingerprint density at radius 3 is 2.46 bits per heavy atom. The van der Waals surface area contributed by atoms with Crippen molar-refractivity contribution in [2.24, 2.45) is 5.92 Å². The van der Waals surface area contributed by atoms with Crippen LogP contribution in [0.4, 0.5) is 5.69 Å². The highest BCUT2D eigenvalue weighted by atomic mass is 32.2. The van der Waals surface area contributed by atoms with Crippen LogP contribution in [0.1, 0.15) is 38.5 Å². The summed E-state index contributed by atoms with van der Waals surface area (Å²) in [6.07, 6.45) is 7.41. The smallest absolute Gasteiger partial charge is 0.252 e. The zero-order chi connectivity index (χ0) is 19.6. The quantitative estimate of drug-likeness (QED) is 0.783. The lowest BCUT2D eigenvalue weighted by Crippen LogP contribution is -2.55. The minimum atomic E-state index is -3.42. The van der Waals surface area contributed by atoms with Gasteiger partial charge in [-0.05, 0) is 48.1 Å². The van der Waals surface area contributed by atoms with Crippen molar-refractivity contribution in [3.05, 3.63) is 41.8 Å². The third-order valence-corrected chi connectivity index (χ3v) is 9.28. The molecule has 1 atom stereocenters. The number of benzene rings is 1. The van der Waals surface area contributed by atoms with Crippen LogP contribution in [0.3, 0.4) is 0 Å². The number of rotatable bonds is 5. The molecule has 1 N–H and O–H groups in total. The molecule has 1 aliphatic carbocycles. The molecular weight excluding hydrogens is 392 g/mol. The monoisotopic (exact) mass is 420 g/mol. The second-order valence-corrected chi connectivity index (χ2v) is 11.0. The van der Waals surface area contributed by atoms with Gasteiger partial charge in [-0.3, -0.25) is 0 Å². The van der Waals surface area contributed by atoms with Gasteiger partial charge in [-0.1, -0.05) is 38.2 Å². The minimum absolute atomic E-state index is 0.163. The van der Waals surface area contributed by atoms with Crippen LogP contribution in [0.25, 0.3) is 0 Å². The number of anilines is 1. The summed E-state index contributed by atoms with van der Waals surface area (Å²) in [4.78, 5) is 2.34. The van der Waals surface area contributed by atoms with Crippen molar-refractivity contribution >= 4 is 27.0 Å². The Labute approximate surface area is 171 Å². The molecule has 2 fully saturated rings. The van der Waals surface area contributed by atoms with Gasteiger partial charge in [0.2, 0.25) is 0 Å². The first-order chi connectivity index (χ1) is 13.5. The van der Waals surface area contributed by atoms with Crippen LogP contribution in [-0.4, -0.2) is 43.5 Å². The molecule has 1 aromatic carbocycles. The largest absolute Gasteiger partial charge is 0.508 e. The van der Waals surface area contributed by atoms with Crippen LogP contribution in [0.15, 0.2) is 46.0 Å². The van der Waals surface area contributed by atoms with E-state index in [2.05, 4.69) is 4.90 Å². The second kappa shape index (κ2) is 8.43. The van der Waals surface area contributed by atoms with Crippen molar-refractivity contribution in [3.8, 4) is 5.75 Å². The highest BCUT2D eigenvalue weighted by molar-refractivity contribution is 7.91. The van der Waals surface area contributed by atoms with Crippen molar-refractivity contribution in [1.29, 1.82) is 0 Å². The standard InChI is InChI=1S/C21H28N2O3S2/c24-20-10-8-18(9-11-20)23-13-12-22(28(25,26)21-7-4-14-27-21)16-19(23)15-17-5-2-1-3-6-17/h4,7-11,14,17,19,24H,1-3,5-6,12-13,15-16H2/t19-/m0/s1. The molecule has 5 nitrogen and oxygen atoms in total. The highest BCUT2D eigenvalue weighted by Gasteiger charge is 2.36. The number of phenols is 1. The Balaban J connectivity index is 1.57. The number of nitrogens with zero attached hydrogens (tertiary/aromatic N) is 2. The fraction of sp³-hybridized carbons (Fsp3) is 0.524. The van der Waals surface area contributed by atoms with Gasteiger partial charge >= 0.3 is 0 Å². The third-order valence-electron chi connectivity index (χ3n) is 6.05. The van der Waals surface area contributed by atoms with Gasteiger partial charge in [-0.25, -0.2) is 8.42 Å². The van der Waals surface area contributed by atoms with Gasteiger partial charge in [0.15, 0.2) is 0 Å². The average Bonchev–Trinajstić information content (AvgIpc) is 3.25. The lowest BCUT2D eigenvalue weighted by molar-refractivity contribution is 0.262. The summed E-state index contributed by atoms with van der Waals surface area (Å²) in [6.45, 7) is 1.69. The number of piperazine rings is 1. The Morgan fingerprint density at radius 1 is 1.04 bits per heavy atom. The van der Waals surface area contributed by atoms with E-state index in [0.29, 0.717) is 29.8 Å². The minimum Gasteiger partial charge on any atom is -0.508 e. The number of aromatic hydroxyl groups is 1. The van der Waals surface area contributed by atoms with E-state index in [4.69, 9.17) is 0 Å². The summed E-state index contributed by atoms with van der Waals surface area (Å²) < 4.78 is 28.2. The molecule has 28 heavy (non-hydrogen) atoms. The molecule has 2 aliphatic rings. The molecule has 0 radical (unpaired) electrons. The number of hydrogen-bond acceptors (Lipinski definition) is 5. The van der Waals surface area contributed by atoms with Gasteiger partial charge in [-0.2, -0.15) is 4.31 Å². The maximum absolute atomic E-state index is 13.1. The first-order valence-corrected chi connectivity index (χ1v) is 12.5. The van der Waals surface area contributed by atoms with E-state index in [1.165, 1.54) is 43.4 Å². The van der Waals surface area contributed by atoms with Crippen LogP contribution in [0.5, 0.6) is 5.75 Å². The van der Waals surface area contributed by atoms with Gasteiger partial charge in [0.1, 0.15) is 9.96 Å². The predicted molar refractivity (Wildman–Crippen MR) is 114 cm³/mol. The summed E-state index contributed by atoms with van der Waals surface area (Å²) >= 11 is 1.29. The molecule has 1 aliphatic heterocycles. The highest BCUT2D eigenvalue weighted by Crippen LogP contribution is 2.33. The molecule has 0 unspecified atom stereocenters. The van der Waals surface area contributed by atoms with Crippen LogP contribution >= 0.6 is 11.3 Å². The summed E-state index contributed by atoms with van der Waals surface area (Å²) in [5, 5.41) is 11.5. The van der Waals surface area contributed by atoms with Gasteiger partial charge in [0, 0.05) is 31.4 Å². The van der Waals surface area contributed by atoms with Gasteiger partial charge in [0.05, 0.1) is 0 Å². The summed E-state index contributed by atoms with van der Waals surface area (Å²) in [5.74, 6) is 0.925. The summed E-state index contributed by atoms with van der Waals surface area (Å²) in [5.41, 5.74) is 1.06. The topological polar surface area (TPSA) is 60.9 Å². The normalized spacial score (nSPS) is 22.4. The van der Waals surface area contributed by atoms with Crippen LogP contribution in [0, 0.1) is 5.92 Å². The first kappa shape index (κ1) is 19.7. The predicted octanol–water partition coefficient (Wildman–Crippen LogP) is 4.30. The molecule has 2 heterocycles. The number of sulfonamides is 1.